The summed E-state index contributed by atoms with van der Waals surface area (Å²) in [6, 6.07) is 1.43. The van der Waals surface area contributed by atoms with E-state index in [2.05, 4.69) is 29.8 Å². The molecule has 2 rings (SSSR count). The van der Waals surface area contributed by atoms with Gasteiger partial charge in [0.25, 0.3) is 0 Å². The maximum atomic E-state index is 14.3. The van der Waals surface area contributed by atoms with Crippen molar-refractivity contribution in [1.82, 2.24) is 0 Å². The summed E-state index contributed by atoms with van der Waals surface area (Å²) in [5.41, 5.74) is 1.84. The molecule has 0 spiro atoms. The Bertz CT molecular complexity index is 486. The molecule has 0 aliphatic heterocycles. The summed E-state index contributed by atoms with van der Waals surface area (Å²) < 4.78 is 25.0. The van der Waals surface area contributed by atoms with Crippen LogP contribution in [0, 0.1) is 11.2 Å². The fourth-order valence-electron chi connectivity index (χ4n) is 2.77. The topological polar surface area (TPSA) is 18.5 Å². The first kappa shape index (κ1) is 14.6. The van der Waals surface area contributed by atoms with Crippen LogP contribution in [0.5, 0.6) is 11.5 Å². The van der Waals surface area contributed by atoms with E-state index in [0.29, 0.717) is 11.5 Å². The number of ether oxygens (including phenoxy) is 2. The molecule has 0 radical (unpaired) electrons. The molecule has 1 aromatic carbocycles. The lowest BCUT2D eigenvalue weighted by atomic mass is 9.84. The van der Waals surface area contributed by atoms with Crippen LogP contribution >= 0.6 is 15.9 Å². The maximum Gasteiger partial charge on any atom is 0.165 e. The second kappa shape index (κ2) is 5.31. The largest absolute Gasteiger partial charge is 0.493 e. The van der Waals surface area contributed by atoms with Crippen molar-refractivity contribution >= 4 is 15.9 Å². The summed E-state index contributed by atoms with van der Waals surface area (Å²) in [5, 5.41) is 0. The number of halogens is 2. The van der Waals surface area contributed by atoms with Crippen molar-refractivity contribution < 1.29 is 13.9 Å². The van der Waals surface area contributed by atoms with E-state index in [9.17, 15) is 4.39 Å². The second-order valence-electron chi connectivity index (χ2n) is 5.82. The minimum atomic E-state index is -0.199. The van der Waals surface area contributed by atoms with Crippen molar-refractivity contribution in [2.24, 2.45) is 5.41 Å². The van der Waals surface area contributed by atoms with Crippen LogP contribution in [-0.2, 0) is 6.42 Å². The van der Waals surface area contributed by atoms with Crippen LogP contribution in [0.2, 0.25) is 0 Å². The third kappa shape index (κ3) is 2.73. The van der Waals surface area contributed by atoms with Crippen LogP contribution in [-0.4, -0.2) is 14.2 Å². The zero-order valence-corrected chi connectivity index (χ0v) is 13.4. The van der Waals surface area contributed by atoms with Gasteiger partial charge in [-0.25, -0.2) is 4.39 Å². The van der Waals surface area contributed by atoms with Crippen LogP contribution in [0.1, 0.15) is 42.6 Å². The van der Waals surface area contributed by atoms with Gasteiger partial charge in [-0.1, -0.05) is 29.8 Å². The summed E-state index contributed by atoms with van der Waals surface area (Å²) in [7, 11) is 3.14. The predicted molar refractivity (Wildman–Crippen MR) is 77.9 cm³/mol. The first-order chi connectivity index (χ1) is 8.89. The summed E-state index contributed by atoms with van der Waals surface area (Å²) >= 11 is 3.70. The number of methoxy groups -OCH3 is 2. The van der Waals surface area contributed by atoms with E-state index in [0.717, 1.165) is 30.4 Å². The van der Waals surface area contributed by atoms with Crippen LogP contribution in [0.4, 0.5) is 4.39 Å². The van der Waals surface area contributed by atoms with Gasteiger partial charge in [0.2, 0.25) is 0 Å². The number of hydrogen-bond donors (Lipinski definition) is 0. The quantitative estimate of drug-likeness (QED) is 0.580. The molecule has 0 N–H and O–H groups in total. The SMILES string of the molecule is COc1cc(F)c2c(c1OC)C(Br)CC(C)(C)CC2. The Morgan fingerprint density at radius 2 is 2.00 bits per heavy atom. The fourth-order valence-corrected chi connectivity index (χ4v) is 4.13. The van der Waals surface area contributed by atoms with Gasteiger partial charge in [-0.2, -0.15) is 0 Å². The van der Waals surface area contributed by atoms with Gasteiger partial charge in [0, 0.05) is 16.5 Å². The van der Waals surface area contributed by atoms with E-state index in [1.165, 1.54) is 13.2 Å². The van der Waals surface area contributed by atoms with Crippen LogP contribution < -0.4 is 9.47 Å². The third-order valence-electron chi connectivity index (χ3n) is 3.86. The molecule has 0 heterocycles. The average Bonchev–Trinajstić information content (AvgIpc) is 2.46. The number of hydrogen-bond acceptors (Lipinski definition) is 2. The Balaban J connectivity index is 2.62. The molecule has 1 aromatic rings. The van der Waals surface area contributed by atoms with Crippen LogP contribution in [0.15, 0.2) is 6.07 Å². The predicted octanol–water partition coefficient (Wildman–Crippen LogP) is 4.64. The number of rotatable bonds is 2. The molecule has 106 valence electrons. The summed E-state index contributed by atoms with van der Waals surface area (Å²) in [5.74, 6) is 0.913. The van der Waals surface area contributed by atoms with Crippen LogP contribution in [0.25, 0.3) is 0 Å². The minimum absolute atomic E-state index is 0.0829. The van der Waals surface area contributed by atoms with Gasteiger partial charge in [-0.05, 0) is 30.2 Å². The lowest BCUT2D eigenvalue weighted by Crippen LogP contribution is -2.11. The molecule has 0 fully saturated rings. The van der Waals surface area contributed by atoms with Crippen LogP contribution in [0.3, 0.4) is 0 Å². The van der Waals surface area contributed by atoms with Crippen molar-refractivity contribution in [3.63, 3.8) is 0 Å². The summed E-state index contributed by atoms with van der Waals surface area (Å²) in [4.78, 5) is 0.0829. The molecule has 0 bridgehead atoms. The monoisotopic (exact) mass is 330 g/mol. The van der Waals surface area contributed by atoms with Gasteiger partial charge in [0.1, 0.15) is 5.82 Å². The Morgan fingerprint density at radius 3 is 2.58 bits per heavy atom. The fraction of sp³-hybridized carbons (Fsp3) is 0.600. The highest BCUT2D eigenvalue weighted by Crippen LogP contribution is 2.50. The zero-order valence-electron chi connectivity index (χ0n) is 11.8. The highest BCUT2D eigenvalue weighted by molar-refractivity contribution is 9.09. The van der Waals surface area contributed by atoms with Gasteiger partial charge in [0.15, 0.2) is 11.5 Å². The van der Waals surface area contributed by atoms with E-state index < -0.39 is 0 Å². The molecule has 0 amide bonds. The van der Waals surface area contributed by atoms with Gasteiger partial charge in [-0.3, -0.25) is 0 Å². The number of benzene rings is 1. The third-order valence-corrected chi connectivity index (χ3v) is 4.64. The number of fused-ring (bicyclic) bond motifs is 1. The Morgan fingerprint density at radius 1 is 1.32 bits per heavy atom. The molecular formula is C15H20BrFO2. The van der Waals surface area contributed by atoms with E-state index in [-0.39, 0.29) is 16.1 Å². The summed E-state index contributed by atoms with van der Waals surface area (Å²) in [6.45, 7) is 4.43. The van der Waals surface area contributed by atoms with Crippen molar-refractivity contribution in [3.05, 3.63) is 23.0 Å². The molecule has 0 saturated heterocycles. The molecule has 0 aromatic heterocycles. The lowest BCUT2D eigenvalue weighted by Gasteiger charge is -2.24. The molecule has 2 nitrogen and oxygen atoms in total. The number of alkyl halides is 1. The maximum absolute atomic E-state index is 14.3. The van der Waals surface area contributed by atoms with Gasteiger partial charge >= 0.3 is 0 Å². The van der Waals surface area contributed by atoms with Crippen molar-refractivity contribution in [2.75, 3.05) is 14.2 Å². The minimum Gasteiger partial charge on any atom is -0.493 e. The van der Waals surface area contributed by atoms with Crippen molar-refractivity contribution in [2.45, 2.75) is 37.9 Å². The Labute approximate surface area is 122 Å². The van der Waals surface area contributed by atoms with Crippen molar-refractivity contribution in [3.8, 4) is 11.5 Å². The van der Waals surface area contributed by atoms with E-state index in [1.54, 1.807) is 7.11 Å². The molecule has 1 unspecified atom stereocenters. The van der Waals surface area contributed by atoms with E-state index >= 15 is 0 Å². The zero-order chi connectivity index (χ0) is 14.2. The molecule has 4 heteroatoms. The van der Waals surface area contributed by atoms with E-state index in [1.807, 2.05) is 0 Å². The smallest absolute Gasteiger partial charge is 0.165 e. The van der Waals surface area contributed by atoms with Gasteiger partial charge < -0.3 is 9.47 Å². The second-order valence-corrected chi connectivity index (χ2v) is 6.93. The molecule has 1 aliphatic carbocycles. The molecule has 0 saturated carbocycles. The summed E-state index contributed by atoms with van der Waals surface area (Å²) in [6.07, 6.45) is 2.65. The van der Waals surface area contributed by atoms with E-state index in [4.69, 9.17) is 9.47 Å². The molecular weight excluding hydrogens is 311 g/mol. The highest BCUT2D eigenvalue weighted by atomic mass is 79.9. The first-order valence-corrected chi connectivity index (χ1v) is 7.38. The lowest BCUT2D eigenvalue weighted by molar-refractivity contribution is 0.314. The molecule has 1 aliphatic rings. The van der Waals surface area contributed by atoms with Gasteiger partial charge in [-0.15, -0.1) is 0 Å². The standard InChI is InChI=1S/C15H20BrFO2/c1-15(2)6-5-9-11(17)7-12(18-3)14(19-4)13(9)10(16)8-15/h7,10H,5-6,8H2,1-4H3. The van der Waals surface area contributed by atoms with Gasteiger partial charge in [0.05, 0.1) is 14.2 Å². The molecule has 1 atom stereocenters. The Kier molecular flexibility index (Phi) is 4.09. The average molecular weight is 331 g/mol. The first-order valence-electron chi connectivity index (χ1n) is 6.47. The Hall–Kier alpha value is -0.770. The van der Waals surface area contributed by atoms with Crippen molar-refractivity contribution in [1.29, 1.82) is 0 Å². The highest BCUT2D eigenvalue weighted by Gasteiger charge is 2.33. The molecule has 19 heavy (non-hydrogen) atoms. The normalized spacial score (nSPS) is 21.5.